The Labute approximate surface area is 121 Å². The molecular weight excluding hydrogens is 308 g/mol. The van der Waals surface area contributed by atoms with Crippen LogP contribution >= 0.6 is 15.9 Å². The summed E-state index contributed by atoms with van der Waals surface area (Å²) < 4.78 is 1.90. The highest BCUT2D eigenvalue weighted by Gasteiger charge is 2.34. The van der Waals surface area contributed by atoms with Crippen LogP contribution in [0.1, 0.15) is 19.3 Å². The van der Waals surface area contributed by atoms with Gasteiger partial charge in [-0.25, -0.2) is 4.68 Å². The third kappa shape index (κ3) is 2.84. The Bertz CT molecular complexity index is 526. The molecule has 1 saturated carbocycles. The molecule has 2 heterocycles. The molecule has 0 aromatic carbocycles. The number of rotatable bonds is 4. The molecule has 1 aliphatic carbocycles. The number of halogens is 1. The maximum Gasteiger partial charge on any atom is 0.282 e. The van der Waals surface area contributed by atoms with Crippen LogP contribution in [0.15, 0.2) is 15.5 Å². The minimum atomic E-state index is -0.101. The van der Waals surface area contributed by atoms with Gasteiger partial charge in [-0.2, -0.15) is 5.10 Å². The highest BCUT2D eigenvalue weighted by atomic mass is 79.9. The lowest BCUT2D eigenvalue weighted by Crippen LogP contribution is -2.26. The van der Waals surface area contributed by atoms with Crippen LogP contribution in [0.3, 0.4) is 0 Å². The number of nitrogens with one attached hydrogen (secondary N) is 1. The standard InChI is InChI=1S/C13H19BrN4O/c1-17-13(19)12(14)11(7-16-17)15-6-9-4-5-18(8-9)10-2-3-10/h7,9-10,15H,2-6,8H2,1H3. The second-order valence-electron chi connectivity index (χ2n) is 5.56. The molecule has 0 radical (unpaired) electrons. The molecule has 19 heavy (non-hydrogen) atoms. The van der Waals surface area contributed by atoms with Crippen molar-refractivity contribution in [1.29, 1.82) is 0 Å². The van der Waals surface area contributed by atoms with E-state index in [9.17, 15) is 4.79 Å². The van der Waals surface area contributed by atoms with Crippen molar-refractivity contribution < 1.29 is 0 Å². The molecular formula is C13H19BrN4O. The molecule has 0 amide bonds. The Morgan fingerprint density at radius 3 is 3.00 bits per heavy atom. The predicted molar refractivity (Wildman–Crippen MR) is 78.4 cm³/mol. The fourth-order valence-electron chi connectivity index (χ4n) is 2.69. The molecule has 1 N–H and O–H groups in total. The van der Waals surface area contributed by atoms with Gasteiger partial charge in [0, 0.05) is 26.2 Å². The fourth-order valence-corrected chi connectivity index (χ4v) is 3.19. The van der Waals surface area contributed by atoms with Gasteiger partial charge in [-0.1, -0.05) is 0 Å². The van der Waals surface area contributed by atoms with Crippen LogP contribution in [-0.2, 0) is 7.05 Å². The summed E-state index contributed by atoms with van der Waals surface area (Å²) in [6, 6.07) is 0.863. The van der Waals surface area contributed by atoms with Crippen LogP contribution in [0.5, 0.6) is 0 Å². The van der Waals surface area contributed by atoms with Gasteiger partial charge in [0.15, 0.2) is 0 Å². The van der Waals surface area contributed by atoms with E-state index in [2.05, 4.69) is 31.2 Å². The van der Waals surface area contributed by atoms with Crippen molar-refractivity contribution in [2.45, 2.75) is 25.3 Å². The smallest absolute Gasteiger partial charge is 0.282 e. The zero-order valence-corrected chi connectivity index (χ0v) is 12.7. The van der Waals surface area contributed by atoms with Crippen molar-refractivity contribution in [2.75, 3.05) is 25.0 Å². The Morgan fingerprint density at radius 2 is 2.26 bits per heavy atom. The maximum absolute atomic E-state index is 11.7. The van der Waals surface area contributed by atoms with Gasteiger partial charge in [0.05, 0.1) is 11.9 Å². The van der Waals surface area contributed by atoms with Crippen molar-refractivity contribution in [1.82, 2.24) is 14.7 Å². The van der Waals surface area contributed by atoms with Crippen molar-refractivity contribution in [2.24, 2.45) is 13.0 Å². The highest BCUT2D eigenvalue weighted by molar-refractivity contribution is 9.10. The van der Waals surface area contributed by atoms with E-state index in [-0.39, 0.29) is 5.56 Å². The molecule has 1 atom stereocenters. The van der Waals surface area contributed by atoms with E-state index in [1.54, 1.807) is 13.2 Å². The van der Waals surface area contributed by atoms with Gasteiger partial charge >= 0.3 is 0 Å². The van der Waals surface area contributed by atoms with Crippen molar-refractivity contribution in [3.8, 4) is 0 Å². The molecule has 6 heteroatoms. The van der Waals surface area contributed by atoms with Gasteiger partial charge in [0.1, 0.15) is 4.47 Å². The number of anilines is 1. The van der Waals surface area contributed by atoms with E-state index >= 15 is 0 Å². The van der Waals surface area contributed by atoms with Crippen molar-refractivity contribution in [3.63, 3.8) is 0 Å². The monoisotopic (exact) mass is 326 g/mol. The number of aryl methyl sites for hydroxylation is 1. The van der Waals surface area contributed by atoms with Crippen LogP contribution in [0.2, 0.25) is 0 Å². The Kier molecular flexibility index (Phi) is 3.62. The van der Waals surface area contributed by atoms with E-state index in [0.717, 1.165) is 18.3 Å². The van der Waals surface area contributed by atoms with Crippen molar-refractivity contribution in [3.05, 3.63) is 21.0 Å². The number of likely N-dealkylation sites (tertiary alicyclic amines) is 1. The molecule has 1 aliphatic heterocycles. The third-order valence-corrected chi connectivity index (χ3v) is 4.81. The van der Waals surface area contributed by atoms with Crippen LogP contribution in [0.4, 0.5) is 5.69 Å². The van der Waals surface area contributed by atoms with E-state index in [1.807, 2.05) is 0 Å². The quantitative estimate of drug-likeness (QED) is 0.909. The van der Waals surface area contributed by atoms with Gasteiger partial charge in [-0.05, 0) is 47.7 Å². The molecule has 1 aromatic heterocycles. The second-order valence-corrected chi connectivity index (χ2v) is 6.36. The Hall–Kier alpha value is -0.880. The average molecular weight is 327 g/mol. The lowest BCUT2D eigenvalue weighted by Gasteiger charge is -2.16. The molecule has 0 bridgehead atoms. The van der Waals surface area contributed by atoms with Crippen LogP contribution in [0, 0.1) is 5.92 Å². The zero-order chi connectivity index (χ0) is 13.4. The number of hydrogen-bond acceptors (Lipinski definition) is 4. The number of aromatic nitrogens is 2. The predicted octanol–water partition coefficient (Wildman–Crippen LogP) is 1.44. The van der Waals surface area contributed by atoms with Gasteiger partial charge < -0.3 is 10.2 Å². The summed E-state index contributed by atoms with van der Waals surface area (Å²) in [5.74, 6) is 0.677. The van der Waals surface area contributed by atoms with Gasteiger partial charge in [-0.15, -0.1) is 0 Å². The molecule has 3 rings (SSSR count). The fraction of sp³-hybridized carbons (Fsp3) is 0.692. The van der Waals surface area contributed by atoms with E-state index < -0.39 is 0 Å². The number of hydrogen-bond donors (Lipinski definition) is 1. The summed E-state index contributed by atoms with van der Waals surface area (Å²) in [5.41, 5.74) is 0.698. The van der Waals surface area contributed by atoms with Crippen LogP contribution in [0.25, 0.3) is 0 Å². The largest absolute Gasteiger partial charge is 0.382 e. The summed E-state index contributed by atoms with van der Waals surface area (Å²) in [6.07, 6.45) is 5.72. The number of nitrogens with zero attached hydrogens (tertiary/aromatic N) is 3. The average Bonchev–Trinajstić information content (AvgIpc) is 3.15. The van der Waals surface area contributed by atoms with Crippen LogP contribution < -0.4 is 10.9 Å². The minimum absolute atomic E-state index is 0.101. The minimum Gasteiger partial charge on any atom is -0.382 e. The molecule has 104 valence electrons. The molecule has 5 nitrogen and oxygen atoms in total. The van der Waals surface area contributed by atoms with Crippen molar-refractivity contribution >= 4 is 21.6 Å². The molecule has 1 aromatic rings. The summed E-state index contributed by atoms with van der Waals surface area (Å²) in [5, 5.41) is 7.39. The summed E-state index contributed by atoms with van der Waals surface area (Å²) in [7, 11) is 1.65. The lowest BCUT2D eigenvalue weighted by atomic mass is 10.1. The maximum atomic E-state index is 11.7. The summed E-state index contributed by atoms with van der Waals surface area (Å²) in [6.45, 7) is 3.33. The lowest BCUT2D eigenvalue weighted by molar-refractivity contribution is 0.316. The topological polar surface area (TPSA) is 50.2 Å². The normalized spacial score (nSPS) is 23.8. The molecule has 1 saturated heterocycles. The molecule has 0 spiro atoms. The zero-order valence-electron chi connectivity index (χ0n) is 11.1. The first-order chi connectivity index (χ1) is 9.15. The molecule has 1 unspecified atom stereocenters. The van der Waals surface area contributed by atoms with Gasteiger partial charge in [0.2, 0.25) is 0 Å². The first kappa shape index (κ1) is 13.1. The highest BCUT2D eigenvalue weighted by Crippen LogP contribution is 2.31. The van der Waals surface area contributed by atoms with Gasteiger partial charge in [-0.3, -0.25) is 4.79 Å². The molecule has 2 aliphatic rings. The SMILES string of the molecule is Cn1ncc(NCC2CCN(C3CC3)C2)c(Br)c1=O. The third-order valence-electron chi connectivity index (χ3n) is 4.04. The first-order valence-corrected chi connectivity index (χ1v) is 7.64. The van der Waals surface area contributed by atoms with E-state index in [4.69, 9.17) is 0 Å². The van der Waals surface area contributed by atoms with E-state index in [0.29, 0.717) is 10.4 Å². The van der Waals surface area contributed by atoms with Crippen LogP contribution in [-0.4, -0.2) is 40.4 Å². The Morgan fingerprint density at radius 1 is 1.47 bits per heavy atom. The first-order valence-electron chi connectivity index (χ1n) is 6.85. The van der Waals surface area contributed by atoms with E-state index in [1.165, 1.54) is 37.0 Å². The second kappa shape index (κ2) is 5.25. The molecule has 2 fully saturated rings. The summed E-state index contributed by atoms with van der Waals surface area (Å²) in [4.78, 5) is 14.3. The summed E-state index contributed by atoms with van der Waals surface area (Å²) >= 11 is 3.34. The van der Waals surface area contributed by atoms with Gasteiger partial charge in [0.25, 0.3) is 5.56 Å². The Balaban J connectivity index is 1.58.